The molecule has 0 fully saturated rings. The lowest BCUT2D eigenvalue weighted by molar-refractivity contribution is 0.171. The molecular weight excluding hydrogens is 302 g/mol. The van der Waals surface area contributed by atoms with Crippen LogP contribution in [0.1, 0.15) is 26.3 Å². The van der Waals surface area contributed by atoms with Crippen LogP contribution in [0.3, 0.4) is 0 Å². The van der Waals surface area contributed by atoms with Crippen molar-refractivity contribution in [1.29, 1.82) is 0 Å². The van der Waals surface area contributed by atoms with Crippen LogP contribution in [-0.4, -0.2) is 38.3 Å². The molecule has 0 unspecified atom stereocenters. The first-order valence-corrected chi connectivity index (χ1v) is 8.10. The summed E-state index contributed by atoms with van der Waals surface area (Å²) < 4.78 is 11.1. The smallest absolute Gasteiger partial charge is 0.191 e. The molecule has 1 aromatic carbocycles. The molecule has 1 heterocycles. The van der Waals surface area contributed by atoms with Crippen LogP contribution in [0.25, 0.3) is 0 Å². The third-order valence-electron chi connectivity index (χ3n) is 3.10. The number of aliphatic imine (C=N–C) groups is 1. The van der Waals surface area contributed by atoms with E-state index in [-0.39, 0.29) is 0 Å². The fourth-order valence-electron chi connectivity index (χ4n) is 2.20. The molecule has 0 saturated carbocycles. The Hall–Kier alpha value is -1.62. The Bertz CT molecular complexity index is 532. The Morgan fingerprint density at radius 3 is 2.82 bits per heavy atom. The zero-order valence-electron chi connectivity index (χ0n) is 13.4. The molecule has 0 aliphatic carbocycles. The third-order valence-corrected chi connectivity index (χ3v) is 3.38. The minimum Gasteiger partial charge on any atom is -0.486 e. The first kappa shape index (κ1) is 16.7. The van der Waals surface area contributed by atoms with E-state index in [1.54, 1.807) is 0 Å². The van der Waals surface area contributed by atoms with Gasteiger partial charge in [0.1, 0.15) is 13.2 Å². The zero-order chi connectivity index (χ0) is 15.9. The standard InChI is InChI=1S/C16H24ClN3O2/c1-4-18-16(20-11(2)3)19-6-5-12-9-13(17)15-14(10-12)21-7-8-22-15/h9-11H,4-8H2,1-3H3,(H2,18,19,20). The number of guanidine groups is 1. The van der Waals surface area contributed by atoms with Gasteiger partial charge in [0.25, 0.3) is 0 Å². The molecule has 0 amide bonds. The number of ether oxygens (including phenoxy) is 2. The molecule has 0 saturated heterocycles. The van der Waals surface area contributed by atoms with Gasteiger partial charge in [-0.2, -0.15) is 0 Å². The first-order valence-electron chi connectivity index (χ1n) is 7.73. The van der Waals surface area contributed by atoms with E-state index in [0.29, 0.717) is 36.6 Å². The number of hydrogen-bond acceptors (Lipinski definition) is 3. The van der Waals surface area contributed by atoms with E-state index >= 15 is 0 Å². The molecule has 2 N–H and O–H groups in total. The van der Waals surface area contributed by atoms with Crippen LogP contribution in [0.15, 0.2) is 17.1 Å². The number of hydrogen-bond donors (Lipinski definition) is 2. The highest BCUT2D eigenvalue weighted by Crippen LogP contribution is 2.38. The predicted octanol–water partition coefficient (Wildman–Crippen LogP) is 2.62. The predicted molar refractivity (Wildman–Crippen MR) is 90.4 cm³/mol. The van der Waals surface area contributed by atoms with Gasteiger partial charge in [0.05, 0.1) is 5.02 Å². The molecule has 1 aliphatic rings. The number of benzene rings is 1. The van der Waals surface area contributed by atoms with E-state index < -0.39 is 0 Å². The zero-order valence-corrected chi connectivity index (χ0v) is 14.2. The molecule has 0 radical (unpaired) electrons. The van der Waals surface area contributed by atoms with E-state index in [2.05, 4.69) is 36.4 Å². The molecule has 0 aromatic heterocycles. The van der Waals surface area contributed by atoms with Crippen molar-refractivity contribution in [3.8, 4) is 11.5 Å². The minimum atomic E-state index is 0.349. The van der Waals surface area contributed by atoms with Gasteiger partial charge >= 0.3 is 0 Å². The van der Waals surface area contributed by atoms with E-state index in [4.69, 9.17) is 21.1 Å². The number of rotatable bonds is 5. The lowest BCUT2D eigenvalue weighted by Crippen LogP contribution is -2.41. The molecule has 6 heteroatoms. The van der Waals surface area contributed by atoms with Crippen LogP contribution in [0.4, 0.5) is 0 Å². The molecule has 0 spiro atoms. The van der Waals surface area contributed by atoms with Gasteiger partial charge in [0, 0.05) is 19.1 Å². The Morgan fingerprint density at radius 2 is 2.09 bits per heavy atom. The number of fused-ring (bicyclic) bond motifs is 1. The Balaban J connectivity index is 2.00. The average molecular weight is 326 g/mol. The summed E-state index contributed by atoms with van der Waals surface area (Å²) in [5.74, 6) is 2.21. The van der Waals surface area contributed by atoms with Crippen molar-refractivity contribution in [3.05, 3.63) is 22.7 Å². The normalized spacial score (nSPS) is 14.1. The lowest BCUT2D eigenvalue weighted by atomic mass is 10.1. The van der Waals surface area contributed by atoms with Gasteiger partial charge in [0.15, 0.2) is 17.5 Å². The highest BCUT2D eigenvalue weighted by molar-refractivity contribution is 6.32. The van der Waals surface area contributed by atoms with E-state index in [1.165, 1.54) is 0 Å². The fourth-order valence-corrected chi connectivity index (χ4v) is 2.49. The summed E-state index contributed by atoms with van der Waals surface area (Å²) in [6.45, 7) is 8.86. The van der Waals surface area contributed by atoms with Crippen LogP contribution < -0.4 is 20.1 Å². The summed E-state index contributed by atoms with van der Waals surface area (Å²) in [6, 6.07) is 4.26. The second-order valence-corrected chi connectivity index (χ2v) is 5.82. The van der Waals surface area contributed by atoms with Crippen LogP contribution in [-0.2, 0) is 6.42 Å². The van der Waals surface area contributed by atoms with Crippen molar-refractivity contribution in [2.45, 2.75) is 33.2 Å². The number of nitrogens with one attached hydrogen (secondary N) is 2. The summed E-state index contributed by atoms with van der Waals surface area (Å²) in [5.41, 5.74) is 1.10. The summed E-state index contributed by atoms with van der Waals surface area (Å²) >= 11 is 6.24. The van der Waals surface area contributed by atoms with Crippen molar-refractivity contribution >= 4 is 17.6 Å². The van der Waals surface area contributed by atoms with Crippen molar-refractivity contribution in [2.75, 3.05) is 26.3 Å². The van der Waals surface area contributed by atoms with Gasteiger partial charge in [0.2, 0.25) is 0 Å². The summed E-state index contributed by atoms with van der Waals surface area (Å²) in [6.07, 6.45) is 0.797. The van der Waals surface area contributed by atoms with E-state index in [9.17, 15) is 0 Å². The monoisotopic (exact) mass is 325 g/mol. The lowest BCUT2D eigenvalue weighted by Gasteiger charge is -2.20. The van der Waals surface area contributed by atoms with Crippen LogP contribution in [0, 0.1) is 0 Å². The molecule has 1 aromatic rings. The Labute approximate surface area is 137 Å². The van der Waals surface area contributed by atoms with Gasteiger partial charge in [-0.1, -0.05) is 11.6 Å². The Morgan fingerprint density at radius 1 is 1.32 bits per heavy atom. The molecule has 0 atom stereocenters. The van der Waals surface area contributed by atoms with Gasteiger partial charge in [-0.15, -0.1) is 0 Å². The van der Waals surface area contributed by atoms with Crippen LogP contribution in [0.2, 0.25) is 5.02 Å². The van der Waals surface area contributed by atoms with Gasteiger partial charge in [-0.25, -0.2) is 0 Å². The van der Waals surface area contributed by atoms with E-state index in [1.807, 2.05) is 12.1 Å². The molecular formula is C16H24ClN3O2. The van der Waals surface area contributed by atoms with E-state index in [0.717, 1.165) is 30.2 Å². The molecule has 2 rings (SSSR count). The van der Waals surface area contributed by atoms with Crippen molar-refractivity contribution in [1.82, 2.24) is 10.6 Å². The maximum atomic E-state index is 6.24. The molecule has 0 bridgehead atoms. The Kier molecular flexibility index (Phi) is 6.19. The topological polar surface area (TPSA) is 54.9 Å². The van der Waals surface area contributed by atoms with Crippen LogP contribution in [0.5, 0.6) is 11.5 Å². The minimum absolute atomic E-state index is 0.349. The second-order valence-electron chi connectivity index (χ2n) is 5.41. The highest BCUT2D eigenvalue weighted by atomic mass is 35.5. The van der Waals surface area contributed by atoms with Crippen LogP contribution >= 0.6 is 11.6 Å². The molecule has 122 valence electrons. The van der Waals surface area contributed by atoms with Gasteiger partial charge in [-0.05, 0) is 44.9 Å². The quantitative estimate of drug-likeness (QED) is 0.645. The molecule has 5 nitrogen and oxygen atoms in total. The SMILES string of the molecule is CCNC(=NCCc1cc(Cl)c2c(c1)OCCO2)NC(C)C. The van der Waals surface area contributed by atoms with Crippen molar-refractivity contribution < 1.29 is 9.47 Å². The average Bonchev–Trinajstić information content (AvgIpc) is 2.47. The second kappa shape index (κ2) is 8.13. The van der Waals surface area contributed by atoms with Crippen molar-refractivity contribution in [3.63, 3.8) is 0 Å². The van der Waals surface area contributed by atoms with Gasteiger partial charge in [-0.3, -0.25) is 4.99 Å². The van der Waals surface area contributed by atoms with Crippen molar-refractivity contribution in [2.24, 2.45) is 4.99 Å². The largest absolute Gasteiger partial charge is 0.486 e. The summed E-state index contributed by atoms with van der Waals surface area (Å²) in [7, 11) is 0. The van der Waals surface area contributed by atoms with Gasteiger partial charge < -0.3 is 20.1 Å². The third kappa shape index (κ3) is 4.70. The molecule has 22 heavy (non-hydrogen) atoms. The molecule has 1 aliphatic heterocycles. The number of halogens is 1. The first-order chi connectivity index (χ1) is 10.6. The summed E-state index contributed by atoms with van der Waals surface area (Å²) in [4.78, 5) is 4.57. The number of nitrogens with zero attached hydrogens (tertiary/aromatic N) is 1. The maximum Gasteiger partial charge on any atom is 0.191 e. The summed E-state index contributed by atoms with van der Waals surface area (Å²) in [5, 5.41) is 7.13. The maximum absolute atomic E-state index is 6.24. The fraction of sp³-hybridized carbons (Fsp3) is 0.562. The highest BCUT2D eigenvalue weighted by Gasteiger charge is 2.16.